The van der Waals surface area contributed by atoms with Crippen molar-refractivity contribution < 1.29 is 4.74 Å². The summed E-state index contributed by atoms with van der Waals surface area (Å²) in [6.07, 6.45) is 6.92. The minimum atomic E-state index is 0.224. The molecule has 0 spiro atoms. The number of nitrogens with zero attached hydrogens (tertiary/aromatic N) is 2. The van der Waals surface area contributed by atoms with E-state index >= 15 is 0 Å². The molecule has 0 unspecified atom stereocenters. The Morgan fingerprint density at radius 1 is 1.41 bits per heavy atom. The van der Waals surface area contributed by atoms with Gasteiger partial charge >= 0.3 is 0 Å². The van der Waals surface area contributed by atoms with Gasteiger partial charge in [-0.2, -0.15) is 5.10 Å². The van der Waals surface area contributed by atoms with Crippen molar-refractivity contribution in [1.29, 1.82) is 0 Å². The minimum absolute atomic E-state index is 0.224. The summed E-state index contributed by atoms with van der Waals surface area (Å²) < 4.78 is 7.42. The summed E-state index contributed by atoms with van der Waals surface area (Å²) >= 11 is 0. The van der Waals surface area contributed by atoms with E-state index in [4.69, 9.17) is 9.84 Å². The molecule has 0 radical (unpaired) electrons. The lowest BCUT2D eigenvalue weighted by atomic mass is 9.91. The average Bonchev–Trinajstić information content (AvgIpc) is 3.07. The van der Waals surface area contributed by atoms with Crippen LogP contribution in [0.15, 0.2) is 6.20 Å². The van der Waals surface area contributed by atoms with Crippen LogP contribution in [0.25, 0.3) is 0 Å². The maximum Gasteiger partial charge on any atom is 0.0707 e. The summed E-state index contributed by atoms with van der Waals surface area (Å²) in [7, 11) is 4.09. The second kappa shape index (κ2) is 4.10. The van der Waals surface area contributed by atoms with Crippen LogP contribution in [0.2, 0.25) is 0 Å². The molecule has 1 N–H and O–H groups in total. The first kappa shape index (κ1) is 11.2. The van der Waals surface area contributed by atoms with Gasteiger partial charge in [-0.25, -0.2) is 0 Å². The molecule has 1 aliphatic carbocycles. The Morgan fingerprint density at radius 2 is 2.12 bits per heavy atom. The molecule has 4 nitrogen and oxygen atoms in total. The van der Waals surface area contributed by atoms with Gasteiger partial charge in [0.1, 0.15) is 0 Å². The molecule has 1 aliphatic heterocycles. The summed E-state index contributed by atoms with van der Waals surface area (Å²) in [5.41, 5.74) is 2.96. The second-order valence-corrected chi connectivity index (χ2v) is 5.32. The zero-order valence-corrected chi connectivity index (χ0v) is 10.7. The summed E-state index contributed by atoms with van der Waals surface area (Å²) in [4.78, 5) is 0. The Bertz CT molecular complexity index is 403. The van der Waals surface area contributed by atoms with Crippen LogP contribution in [0.4, 0.5) is 0 Å². The fourth-order valence-corrected chi connectivity index (χ4v) is 2.93. The summed E-state index contributed by atoms with van der Waals surface area (Å²) in [6.45, 7) is 1.76. The van der Waals surface area contributed by atoms with Crippen molar-refractivity contribution in [2.45, 2.75) is 37.1 Å². The van der Waals surface area contributed by atoms with Crippen LogP contribution in [0.5, 0.6) is 0 Å². The molecule has 1 saturated heterocycles. The lowest BCUT2D eigenvalue weighted by Crippen LogP contribution is -2.26. The molecule has 94 valence electrons. The predicted molar refractivity (Wildman–Crippen MR) is 66.0 cm³/mol. The first-order valence-corrected chi connectivity index (χ1v) is 6.56. The van der Waals surface area contributed by atoms with Crippen molar-refractivity contribution in [2.24, 2.45) is 7.05 Å². The summed E-state index contributed by atoms with van der Waals surface area (Å²) in [5, 5.41) is 8.19. The van der Waals surface area contributed by atoms with Crippen molar-refractivity contribution in [3.8, 4) is 0 Å². The van der Waals surface area contributed by atoms with Gasteiger partial charge in [0.05, 0.1) is 5.69 Å². The lowest BCUT2D eigenvalue weighted by molar-refractivity contribution is 0.0841. The zero-order chi connectivity index (χ0) is 11.9. The first-order chi connectivity index (χ1) is 8.25. The molecule has 0 amide bonds. The molecule has 1 saturated carbocycles. The molecule has 17 heavy (non-hydrogen) atoms. The second-order valence-electron chi connectivity index (χ2n) is 5.32. The van der Waals surface area contributed by atoms with Crippen LogP contribution in [-0.4, -0.2) is 30.0 Å². The third-order valence-corrected chi connectivity index (χ3v) is 4.21. The van der Waals surface area contributed by atoms with E-state index in [0.29, 0.717) is 5.92 Å². The van der Waals surface area contributed by atoms with E-state index in [9.17, 15) is 0 Å². The Morgan fingerprint density at radius 3 is 2.71 bits per heavy atom. The number of rotatable bonds is 3. The van der Waals surface area contributed by atoms with Gasteiger partial charge in [0.25, 0.3) is 0 Å². The fourth-order valence-electron chi connectivity index (χ4n) is 2.93. The molecule has 0 bridgehead atoms. The van der Waals surface area contributed by atoms with Gasteiger partial charge in [-0.05, 0) is 32.7 Å². The van der Waals surface area contributed by atoms with Gasteiger partial charge in [0.15, 0.2) is 0 Å². The van der Waals surface area contributed by atoms with Crippen molar-refractivity contribution >= 4 is 0 Å². The Kier molecular flexibility index (Phi) is 2.71. The highest BCUT2D eigenvalue weighted by atomic mass is 16.5. The monoisotopic (exact) mass is 235 g/mol. The van der Waals surface area contributed by atoms with E-state index in [1.165, 1.54) is 24.1 Å². The third-order valence-electron chi connectivity index (χ3n) is 4.21. The predicted octanol–water partition coefficient (Wildman–Crippen LogP) is 1.52. The van der Waals surface area contributed by atoms with Crippen LogP contribution in [0.3, 0.4) is 0 Å². The first-order valence-electron chi connectivity index (χ1n) is 6.56. The van der Waals surface area contributed by atoms with Gasteiger partial charge in [-0.15, -0.1) is 0 Å². The SMILES string of the molecule is CNC1(c2cn(C)nc2C2CCOCC2)CC1. The zero-order valence-electron chi connectivity index (χ0n) is 10.7. The van der Waals surface area contributed by atoms with E-state index < -0.39 is 0 Å². The molecular weight excluding hydrogens is 214 g/mol. The van der Waals surface area contributed by atoms with E-state index in [1.54, 1.807) is 0 Å². The van der Waals surface area contributed by atoms with Gasteiger partial charge in [-0.1, -0.05) is 0 Å². The summed E-state index contributed by atoms with van der Waals surface area (Å²) in [5.74, 6) is 0.589. The molecule has 1 aromatic rings. The lowest BCUT2D eigenvalue weighted by Gasteiger charge is -2.23. The smallest absolute Gasteiger partial charge is 0.0707 e. The highest BCUT2D eigenvalue weighted by molar-refractivity contribution is 5.34. The molecule has 3 rings (SSSR count). The Labute approximate surface area is 102 Å². The Hall–Kier alpha value is -0.870. The standard InChI is InChI=1S/C13H21N3O/c1-14-13(5-6-13)11-9-16(2)15-12(11)10-3-7-17-8-4-10/h9-10,14H,3-8H2,1-2H3. The van der Waals surface area contributed by atoms with Crippen molar-refractivity contribution in [1.82, 2.24) is 15.1 Å². The van der Waals surface area contributed by atoms with E-state index in [0.717, 1.165) is 26.1 Å². The molecule has 2 aliphatic rings. The number of ether oxygens (including phenoxy) is 1. The summed E-state index contributed by atoms with van der Waals surface area (Å²) in [6, 6.07) is 0. The molecule has 2 fully saturated rings. The van der Waals surface area contributed by atoms with Crippen LogP contribution in [0.1, 0.15) is 42.9 Å². The Balaban J connectivity index is 1.92. The molecular formula is C13H21N3O. The van der Waals surface area contributed by atoms with Gasteiger partial charge in [0, 0.05) is 43.5 Å². The molecule has 0 atom stereocenters. The average molecular weight is 235 g/mol. The van der Waals surface area contributed by atoms with Crippen molar-refractivity contribution in [3.05, 3.63) is 17.5 Å². The number of hydrogen-bond donors (Lipinski definition) is 1. The fraction of sp³-hybridized carbons (Fsp3) is 0.769. The minimum Gasteiger partial charge on any atom is -0.381 e. The van der Waals surface area contributed by atoms with Gasteiger partial charge < -0.3 is 10.1 Å². The van der Waals surface area contributed by atoms with E-state index in [2.05, 4.69) is 18.6 Å². The number of aromatic nitrogens is 2. The highest BCUT2D eigenvalue weighted by Gasteiger charge is 2.46. The van der Waals surface area contributed by atoms with Crippen molar-refractivity contribution in [3.63, 3.8) is 0 Å². The van der Waals surface area contributed by atoms with Crippen LogP contribution >= 0.6 is 0 Å². The molecule has 2 heterocycles. The van der Waals surface area contributed by atoms with Gasteiger partial charge in [-0.3, -0.25) is 4.68 Å². The van der Waals surface area contributed by atoms with E-state index in [-0.39, 0.29) is 5.54 Å². The van der Waals surface area contributed by atoms with Crippen LogP contribution in [-0.2, 0) is 17.3 Å². The van der Waals surface area contributed by atoms with E-state index in [1.807, 2.05) is 11.7 Å². The molecule has 0 aromatic carbocycles. The maximum atomic E-state index is 5.45. The normalized spacial score (nSPS) is 23.9. The number of hydrogen-bond acceptors (Lipinski definition) is 3. The quantitative estimate of drug-likeness (QED) is 0.863. The third kappa shape index (κ3) is 1.89. The van der Waals surface area contributed by atoms with Crippen LogP contribution < -0.4 is 5.32 Å². The number of nitrogens with one attached hydrogen (secondary N) is 1. The van der Waals surface area contributed by atoms with Gasteiger partial charge in [0.2, 0.25) is 0 Å². The molecule has 4 heteroatoms. The van der Waals surface area contributed by atoms with Crippen molar-refractivity contribution in [2.75, 3.05) is 20.3 Å². The highest BCUT2D eigenvalue weighted by Crippen LogP contribution is 2.48. The molecule has 1 aromatic heterocycles. The largest absolute Gasteiger partial charge is 0.381 e. The maximum absolute atomic E-state index is 5.45. The van der Waals surface area contributed by atoms with Crippen LogP contribution in [0, 0.1) is 0 Å². The topological polar surface area (TPSA) is 39.1 Å². The number of aryl methyl sites for hydroxylation is 1.